The largest absolute Gasteiger partial charge is 0.496 e. The zero-order valence-electron chi connectivity index (χ0n) is 19.6. The molecule has 6 nitrogen and oxygen atoms in total. The van der Waals surface area contributed by atoms with Gasteiger partial charge in [0.05, 0.1) is 30.8 Å². The molecule has 1 unspecified atom stereocenters. The highest BCUT2D eigenvalue weighted by molar-refractivity contribution is 7.92. The Bertz CT molecular complexity index is 1300. The first-order chi connectivity index (χ1) is 16.3. The quantitative estimate of drug-likeness (QED) is 0.483. The van der Waals surface area contributed by atoms with Gasteiger partial charge in [-0.15, -0.1) is 0 Å². The summed E-state index contributed by atoms with van der Waals surface area (Å²) < 4.78 is 40.3. The minimum atomic E-state index is -3.94. The standard InChI is InChI=1S/C27H29NO5S/c1-4-27(2)15-14-21-16-20(10-12-26(21)33-27)18-28(23-8-6-5-7-9-23)34(30,31)24-11-13-25(32-3)22(17-24)19-29/h5-17,29H,4,18-19H2,1-3H3. The van der Waals surface area contributed by atoms with Crippen LogP contribution in [-0.2, 0) is 23.2 Å². The van der Waals surface area contributed by atoms with Crippen molar-refractivity contribution in [2.75, 3.05) is 11.4 Å². The van der Waals surface area contributed by atoms with Crippen LogP contribution in [0.25, 0.3) is 6.08 Å². The van der Waals surface area contributed by atoms with Gasteiger partial charge in [-0.2, -0.15) is 0 Å². The molecule has 7 heteroatoms. The van der Waals surface area contributed by atoms with Gasteiger partial charge in [-0.1, -0.05) is 37.3 Å². The maximum Gasteiger partial charge on any atom is 0.264 e. The molecule has 0 spiro atoms. The molecule has 1 heterocycles. The fourth-order valence-electron chi connectivity index (χ4n) is 3.90. The molecule has 0 amide bonds. The van der Waals surface area contributed by atoms with Crippen molar-refractivity contribution in [1.82, 2.24) is 0 Å². The summed E-state index contributed by atoms with van der Waals surface area (Å²) >= 11 is 0. The number of fused-ring (bicyclic) bond motifs is 1. The van der Waals surface area contributed by atoms with Crippen molar-refractivity contribution in [2.24, 2.45) is 0 Å². The predicted octanol–water partition coefficient (Wildman–Crippen LogP) is 5.16. The summed E-state index contributed by atoms with van der Waals surface area (Å²) in [5.41, 5.74) is 2.36. The third kappa shape index (κ3) is 4.67. The number of benzene rings is 3. The highest BCUT2D eigenvalue weighted by atomic mass is 32.2. The number of ether oxygens (including phenoxy) is 2. The molecule has 0 radical (unpaired) electrons. The monoisotopic (exact) mass is 479 g/mol. The maximum atomic E-state index is 13.8. The van der Waals surface area contributed by atoms with Crippen molar-refractivity contribution in [3.8, 4) is 11.5 Å². The Kier molecular flexibility index (Phi) is 6.68. The summed E-state index contributed by atoms with van der Waals surface area (Å²) in [7, 11) is -2.45. The number of rotatable bonds is 8. The van der Waals surface area contributed by atoms with E-state index in [1.54, 1.807) is 30.3 Å². The molecule has 0 bridgehead atoms. The van der Waals surface area contributed by atoms with Gasteiger partial charge in [-0.25, -0.2) is 8.42 Å². The second-order valence-corrected chi connectivity index (χ2v) is 10.3. The van der Waals surface area contributed by atoms with Gasteiger partial charge in [-0.3, -0.25) is 4.31 Å². The summed E-state index contributed by atoms with van der Waals surface area (Å²) in [5.74, 6) is 1.22. The van der Waals surface area contributed by atoms with Crippen LogP contribution in [0.5, 0.6) is 11.5 Å². The van der Waals surface area contributed by atoms with E-state index in [9.17, 15) is 13.5 Å². The molecular formula is C27H29NO5S. The Morgan fingerprint density at radius 3 is 2.50 bits per heavy atom. The average Bonchev–Trinajstić information content (AvgIpc) is 2.87. The van der Waals surface area contributed by atoms with Crippen LogP contribution in [0.15, 0.2) is 77.7 Å². The average molecular weight is 480 g/mol. The number of sulfonamides is 1. The molecule has 1 aliphatic rings. The summed E-state index contributed by atoms with van der Waals surface area (Å²) in [6.45, 7) is 3.93. The van der Waals surface area contributed by atoms with Crippen LogP contribution < -0.4 is 13.8 Å². The first-order valence-electron chi connectivity index (χ1n) is 11.2. The van der Waals surface area contributed by atoms with E-state index >= 15 is 0 Å². The normalized spacial score (nSPS) is 17.1. The number of hydrogen-bond donors (Lipinski definition) is 1. The zero-order chi connectivity index (χ0) is 24.3. The van der Waals surface area contributed by atoms with E-state index in [0.29, 0.717) is 17.0 Å². The Morgan fingerprint density at radius 1 is 1.06 bits per heavy atom. The van der Waals surface area contributed by atoms with Crippen molar-refractivity contribution in [3.05, 3.63) is 89.5 Å². The van der Waals surface area contributed by atoms with Crippen LogP contribution in [-0.4, -0.2) is 26.2 Å². The lowest BCUT2D eigenvalue weighted by molar-refractivity contribution is 0.133. The highest BCUT2D eigenvalue weighted by Crippen LogP contribution is 2.35. The molecule has 1 aliphatic heterocycles. The van der Waals surface area contributed by atoms with E-state index in [1.165, 1.54) is 23.5 Å². The lowest BCUT2D eigenvalue weighted by atomic mass is 9.97. The van der Waals surface area contributed by atoms with Gasteiger partial charge in [0, 0.05) is 11.1 Å². The van der Waals surface area contributed by atoms with Crippen LogP contribution in [0.1, 0.15) is 37.0 Å². The molecule has 0 aliphatic carbocycles. The van der Waals surface area contributed by atoms with Crippen LogP contribution in [0.4, 0.5) is 5.69 Å². The van der Waals surface area contributed by atoms with E-state index in [4.69, 9.17) is 9.47 Å². The highest BCUT2D eigenvalue weighted by Gasteiger charge is 2.28. The molecule has 3 aromatic rings. The van der Waals surface area contributed by atoms with Crippen molar-refractivity contribution < 1.29 is 23.0 Å². The number of hydrogen-bond acceptors (Lipinski definition) is 5. The lowest BCUT2D eigenvalue weighted by Gasteiger charge is -2.31. The third-order valence-corrected chi connectivity index (χ3v) is 7.89. The van der Waals surface area contributed by atoms with Gasteiger partial charge >= 0.3 is 0 Å². The van der Waals surface area contributed by atoms with Gasteiger partial charge in [0.1, 0.15) is 17.1 Å². The molecule has 1 N–H and O–H groups in total. The van der Waals surface area contributed by atoms with Gasteiger partial charge < -0.3 is 14.6 Å². The summed E-state index contributed by atoms with van der Waals surface area (Å²) in [6, 6.07) is 19.3. The fraction of sp³-hybridized carbons (Fsp3) is 0.259. The molecule has 3 aromatic carbocycles. The second-order valence-electron chi connectivity index (χ2n) is 8.45. The molecule has 0 saturated heterocycles. The van der Waals surface area contributed by atoms with Crippen molar-refractivity contribution in [1.29, 1.82) is 0 Å². The summed E-state index contributed by atoms with van der Waals surface area (Å²) in [4.78, 5) is 0.0844. The SMILES string of the molecule is CCC1(C)C=Cc2cc(CN(c3ccccc3)S(=O)(=O)c3ccc(OC)c(CO)c3)ccc2O1. The topological polar surface area (TPSA) is 76.1 Å². The number of aliphatic hydroxyl groups excluding tert-OH is 1. The first-order valence-corrected chi connectivity index (χ1v) is 12.6. The van der Waals surface area contributed by atoms with Crippen molar-refractivity contribution in [3.63, 3.8) is 0 Å². The number of para-hydroxylation sites is 1. The number of aliphatic hydroxyl groups is 1. The van der Waals surface area contributed by atoms with Gasteiger partial charge in [0.2, 0.25) is 0 Å². The van der Waals surface area contributed by atoms with E-state index in [-0.39, 0.29) is 23.6 Å². The minimum absolute atomic E-state index is 0.0844. The van der Waals surface area contributed by atoms with Crippen molar-refractivity contribution >= 4 is 21.8 Å². The van der Waals surface area contributed by atoms with E-state index in [2.05, 4.69) is 6.92 Å². The molecule has 0 saturated carbocycles. The number of anilines is 1. The molecule has 0 fully saturated rings. The summed E-state index contributed by atoms with van der Waals surface area (Å²) in [6.07, 6.45) is 4.92. The Morgan fingerprint density at radius 2 is 1.82 bits per heavy atom. The lowest BCUT2D eigenvalue weighted by Crippen LogP contribution is -2.31. The third-order valence-electron chi connectivity index (χ3n) is 6.12. The van der Waals surface area contributed by atoms with Crippen LogP contribution in [0, 0.1) is 0 Å². The van der Waals surface area contributed by atoms with E-state index < -0.39 is 10.0 Å². The second kappa shape index (κ2) is 9.52. The molecule has 4 rings (SSSR count). The van der Waals surface area contributed by atoms with Crippen LogP contribution in [0.3, 0.4) is 0 Å². The number of nitrogens with zero attached hydrogens (tertiary/aromatic N) is 1. The van der Waals surface area contributed by atoms with E-state index in [0.717, 1.165) is 23.3 Å². The Balaban J connectivity index is 1.73. The molecule has 34 heavy (non-hydrogen) atoms. The van der Waals surface area contributed by atoms with Gasteiger partial charge in [0.15, 0.2) is 0 Å². The molecular weight excluding hydrogens is 450 g/mol. The molecule has 0 aromatic heterocycles. The van der Waals surface area contributed by atoms with Crippen LogP contribution >= 0.6 is 0 Å². The Labute approximate surface area is 201 Å². The van der Waals surface area contributed by atoms with Crippen LogP contribution in [0.2, 0.25) is 0 Å². The van der Waals surface area contributed by atoms with Gasteiger partial charge in [0.25, 0.3) is 10.0 Å². The van der Waals surface area contributed by atoms with E-state index in [1.807, 2.05) is 43.3 Å². The first kappa shape index (κ1) is 23.9. The summed E-state index contributed by atoms with van der Waals surface area (Å²) in [5, 5.41) is 9.69. The fourth-order valence-corrected chi connectivity index (χ4v) is 5.41. The van der Waals surface area contributed by atoms with Crippen molar-refractivity contribution in [2.45, 2.75) is 43.9 Å². The smallest absolute Gasteiger partial charge is 0.264 e. The van der Waals surface area contributed by atoms with Gasteiger partial charge in [-0.05, 0) is 67.4 Å². The number of methoxy groups -OCH3 is 1. The zero-order valence-corrected chi connectivity index (χ0v) is 20.4. The minimum Gasteiger partial charge on any atom is -0.496 e. The Hall–Kier alpha value is -3.29. The molecule has 178 valence electrons. The molecule has 1 atom stereocenters. The maximum absolute atomic E-state index is 13.8. The predicted molar refractivity (Wildman–Crippen MR) is 134 cm³/mol.